The third-order valence-electron chi connectivity index (χ3n) is 2.69. The van der Waals surface area contributed by atoms with Crippen molar-refractivity contribution in [2.75, 3.05) is 6.61 Å². The van der Waals surface area contributed by atoms with Gasteiger partial charge in [0.2, 0.25) is 0 Å². The van der Waals surface area contributed by atoms with Crippen molar-refractivity contribution >= 4 is 15.9 Å². The van der Waals surface area contributed by atoms with Crippen LogP contribution in [-0.2, 0) is 4.74 Å². The summed E-state index contributed by atoms with van der Waals surface area (Å²) in [5, 5.41) is 0. The van der Waals surface area contributed by atoms with Gasteiger partial charge >= 0.3 is 0 Å². The Hall–Kier alpha value is -0.610. The number of aromatic nitrogens is 1. The quantitative estimate of drug-likeness (QED) is 0.835. The van der Waals surface area contributed by atoms with E-state index in [9.17, 15) is 0 Å². The molecule has 1 aliphatic heterocycles. The van der Waals surface area contributed by atoms with Crippen LogP contribution in [0.15, 0.2) is 10.5 Å². The van der Waals surface area contributed by atoms with Gasteiger partial charge in [0, 0.05) is 10.9 Å². The van der Waals surface area contributed by atoms with Gasteiger partial charge in [-0.3, -0.25) is 4.98 Å². The van der Waals surface area contributed by atoms with Gasteiger partial charge in [-0.25, -0.2) is 0 Å². The summed E-state index contributed by atoms with van der Waals surface area (Å²) in [5.41, 5.74) is 1.89. The number of hydrogen-bond donors (Lipinski definition) is 0. The van der Waals surface area contributed by atoms with Crippen LogP contribution in [0.2, 0.25) is 0 Å². The van der Waals surface area contributed by atoms with Crippen molar-refractivity contribution < 1.29 is 9.47 Å². The van der Waals surface area contributed by atoms with E-state index in [0.717, 1.165) is 41.1 Å². The summed E-state index contributed by atoms with van der Waals surface area (Å²) in [6.45, 7) is 4.72. The van der Waals surface area contributed by atoms with E-state index in [0.29, 0.717) is 0 Å². The predicted molar refractivity (Wildman–Crippen MR) is 65.6 cm³/mol. The highest BCUT2D eigenvalue weighted by Gasteiger charge is 2.17. The SMILES string of the molecule is Cc1nc(C)c(OC2CCCCO2)cc1Br. The third kappa shape index (κ3) is 2.74. The number of halogens is 1. The van der Waals surface area contributed by atoms with Gasteiger partial charge in [0.15, 0.2) is 6.29 Å². The number of nitrogens with zero attached hydrogens (tertiary/aromatic N) is 1. The van der Waals surface area contributed by atoms with E-state index in [1.54, 1.807) is 0 Å². The molecule has 2 rings (SSSR count). The molecule has 0 radical (unpaired) electrons. The lowest BCUT2D eigenvalue weighted by molar-refractivity contribution is -0.106. The number of pyridine rings is 1. The molecule has 0 N–H and O–H groups in total. The molecule has 1 atom stereocenters. The summed E-state index contributed by atoms with van der Waals surface area (Å²) in [5.74, 6) is 0.810. The minimum atomic E-state index is -0.108. The molecular formula is C12H16BrNO2. The molecule has 0 aliphatic carbocycles. The van der Waals surface area contributed by atoms with E-state index in [4.69, 9.17) is 9.47 Å². The van der Waals surface area contributed by atoms with Crippen molar-refractivity contribution in [2.24, 2.45) is 0 Å². The van der Waals surface area contributed by atoms with Gasteiger partial charge < -0.3 is 9.47 Å². The van der Waals surface area contributed by atoms with Crippen molar-refractivity contribution in [2.45, 2.75) is 39.4 Å². The van der Waals surface area contributed by atoms with Gasteiger partial charge in [-0.05, 0) is 48.7 Å². The molecule has 1 fully saturated rings. The Morgan fingerprint density at radius 3 is 2.88 bits per heavy atom. The highest BCUT2D eigenvalue weighted by molar-refractivity contribution is 9.10. The summed E-state index contributed by atoms with van der Waals surface area (Å²) in [6.07, 6.45) is 3.16. The maximum absolute atomic E-state index is 5.81. The maximum atomic E-state index is 5.81. The molecule has 0 spiro atoms. The van der Waals surface area contributed by atoms with Gasteiger partial charge in [-0.15, -0.1) is 0 Å². The molecular weight excluding hydrogens is 270 g/mol. The van der Waals surface area contributed by atoms with Crippen LogP contribution in [-0.4, -0.2) is 17.9 Å². The molecule has 0 bridgehead atoms. The Morgan fingerprint density at radius 1 is 1.38 bits per heavy atom. The summed E-state index contributed by atoms with van der Waals surface area (Å²) in [4.78, 5) is 4.41. The average molecular weight is 286 g/mol. The summed E-state index contributed by atoms with van der Waals surface area (Å²) >= 11 is 3.46. The number of aryl methyl sites for hydroxylation is 2. The van der Waals surface area contributed by atoms with Gasteiger partial charge in [0.05, 0.1) is 18.0 Å². The molecule has 3 nitrogen and oxygen atoms in total. The topological polar surface area (TPSA) is 31.4 Å². The second-order valence-electron chi connectivity index (χ2n) is 4.05. The number of rotatable bonds is 2. The van der Waals surface area contributed by atoms with E-state index in [2.05, 4.69) is 20.9 Å². The van der Waals surface area contributed by atoms with Crippen molar-refractivity contribution in [3.63, 3.8) is 0 Å². The first kappa shape index (κ1) is 11.9. The summed E-state index contributed by atoms with van der Waals surface area (Å²) < 4.78 is 12.3. The fourth-order valence-corrected chi connectivity index (χ4v) is 2.05. The lowest BCUT2D eigenvalue weighted by Gasteiger charge is -2.24. The molecule has 1 unspecified atom stereocenters. The Labute approximate surface area is 104 Å². The van der Waals surface area contributed by atoms with E-state index in [-0.39, 0.29) is 6.29 Å². The highest BCUT2D eigenvalue weighted by atomic mass is 79.9. The van der Waals surface area contributed by atoms with Crippen LogP contribution in [0.4, 0.5) is 0 Å². The average Bonchev–Trinajstić information content (AvgIpc) is 2.27. The first-order valence-corrected chi connectivity index (χ1v) is 6.38. The fraction of sp³-hybridized carbons (Fsp3) is 0.583. The van der Waals surface area contributed by atoms with Crippen molar-refractivity contribution in [1.29, 1.82) is 0 Å². The van der Waals surface area contributed by atoms with Crippen LogP contribution >= 0.6 is 15.9 Å². The van der Waals surface area contributed by atoms with Crippen LogP contribution in [0.1, 0.15) is 30.7 Å². The summed E-state index contributed by atoms with van der Waals surface area (Å²) in [6, 6.07) is 1.97. The number of ether oxygens (including phenoxy) is 2. The van der Waals surface area contributed by atoms with Gasteiger partial charge in [-0.1, -0.05) is 0 Å². The molecule has 2 heterocycles. The second-order valence-corrected chi connectivity index (χ2v) is 4.91. The lowest BCUT2D eigenvalue weighted by Crippen LogP contribution is -2.25. The van der Waals surface area contributed by atoms with E-state index in [1.807, 2.05) is 19.9 Å². The van der Waals surface area contributed by atoms with Crippen LogP contribution in [0.5, 0.6) is 5.75 Å². The monoisotopic (exact) mass is 285 g/mol. The molecule has 0 amide bonds. The Kier molecular flexibility index (Phi) is 3.82. The Bertz CT molecular complexity index is 376. The molecule has 1 aromatic rings. The molecule has 4 heteroatoms. The molecule has 1 aromatic heterocycles. The van der Waals surface area contributed by atoms with Crippen molar-refractivity contribution in [3.8, 4) is 5.75 Å². The second kappa shape index (κ2) is 5.15. The fourth-order valence-electron chi connectivity index (χ4n) is 1.75. The Balaban J connectivity index is 2.11. The van der Waals surface area contributed by atoms with Crippen molar-refractivity contribution in [1.82, 2.24) is 4.98 Å². The van der Waals surface area contributed by atoms with Crippen LogP contribution < -0.4 is 4.74 Å². The first-order valence-electron chi connectivity index (χ1n) is 5.59. The zero-order chi connectivity index (χ0) is 11.5. The van der Waals surface area contributed by atoms with Crippen molar-refractivity contribution in [3.05, 3.63) is 21.9 Å². The van der Waals surface area contributed by atoms with Crippen LogP contribution in [0.25, 0.3) is 0 Å². The molecule has 0 aromatic carbocycles. The standard InChI is InChI=1S/C12H16BrNO2/c1-8-10(13)7-11(9(2)14-8)16-12-5-3-4-6-15-12/h7,12H,3-6H2,1-2H3. The third-order valence-corrected chi connectivity index (χ3v) is 3.49. The Morgan fingerprint density at radius 2 is 2.19 bits per heavy atom. The number of hydrogen-bond acceptors (Lipinski definition) is 3. The molecule has 16 heavy (non-hydrogen) atoms. The largest absolute Gasteiger partial charge is 0.463 e. The van der Waals surface area contributed by atoms with E-state index < -0.39 is 0 Å². The zero-order valence-corrected chi connectivity index (χ0v) is 11.2. The lowest BCUT2D eigenvalue weighted by atomic mass is 10.2. The minimum Gasteiger partial charge on any atom is -0.463 e. The van der Waals surface area contributed by atoms with Crippen LogP contribution in [0, 0.1) is 13.8 Å². The highest BCUT2D eigenvalue weighted by Crippen LogP contribution is 2.26. The van der Waals surface area contributed by atoms with E-state index >= 15 is 0 Å². The molecule has 1 aliphatic rings. The van der Waals surface area contributed by atoms with Gasteiger partial charge in [0.25, 0.3) is 0 Å². The first-order chi connectivity index (χ1) is 7.66. The predicted octanol–water partition coefficient (Wildman–Crippen LogP) is 3.37. The smallest absolute Gasteiger partial charge is 0.199 e. The minimum absolute atomic E-state index is 0.108. The molecule has 88 valence electrons. The summed E-state index contributed by atoms with van der Waals surface area (Å²) in [7, 11) is 0. The molecule has 1 saturated heterocycles. The van der Waals surface area contributed by atoms with Gasteiger partial charge in [0.1, 0.15) is 5.75 Å². The molecule has 0 saturated carbocycles. The normalized spacial score (nSPS) is 20.8. The zero-order valence-electron chi connectivity index (χ0n) is 9.62. The van der Waals surface area contributed by atoms with Crippen LogP contribution in [0.3, 0.4) is 0 Å². The maximum Gasteiger partial charge on any atom is 0.199 e. The van der Waals surface area contributed by atoms with E-state index in [1.165, 1.54) is 6.42 Å². The van der Waals surface area contributed by atoms with Gasteiger partial charge in [-0.2, -0.15) is 0 Å².